The summed E-state index contributed by atoms with van der Waals surface area (Å²) < 4.78 is 9.99. The number of aromatic hydroxyl groups is 2. The Morgan fingerprint density at radius 2 is 1.18 bits per heavy atom. The van der Waals surface area contributed by atoms with Crippen molar-refractivity contribution in [1.29, 1.82) is 0 Å². The van der Waals surface area contributed by atoms with Crippen LogP contribution in [0, 0.1) is 0 Å². The lowest BCUT2D eigenvalue weighted by Crippen LogP contribution is -2.14. The topological polar surface area (TPSA) is 140 Å². The van der Waals surface area contributed by atoms with Gasteiger partial charge >= 0.3 is 11.9 Å². The van der Waals surface area contributed by atoms with Crippen LogP contribution in [0.4, 0.5) is 0 Å². The number of carbonyl (C=O) groups is 2. The van der Waals surface area contributed by atoms with Gasteiger partial charge < -0.3 is 29.9 Å². The van der Waals surface area contributed by atoms with Gasteiger partial charge in [0.25, 0.3) is 0 Å². The highest BCUT2D eigenvalue weighted by Crippen LogP contribution is 2.41. The number of ether oxygens (including phenoxy) is 2. The minimum Gasteiger partial charge on any atom is -0.507 e. The van der Waals surface area contributed by atoms with Crippen molar-refractivity contribution in [3.05, 3.63) is 22.3 Å². The van der Waals surface area contributed by atoms with Crippen molar-refractivity contribution < 1.29 is 39.5 Å². The highest BCUT2D eigenvalue weighted by Gasteiger charge is 2.36. The molecule has 2 unspecified atom stereocenters. The van der Waals surface area contributed by atoms with Gasteiger partial charge in [-0.2, -0.15) is 0 Å². The molecule has 8 heteroatoms. The Balaban J connectivity index is 2.20. The molecule has 1 aromatic carbocycles. The van der Waals surface area contributed by atoms with E-state index in [0.717, 1.165) is 0 Å². The van der Waals surface area contributed by atoms with Crippen molar-refractivity contribution in [3.63, 3.8) is 0 Å². The van der Waals surface area contributed by atoms with Crippen molar-refractivity contribution >= 4 is 11.9 Å². The summed E-state index contributed by atoms with van der Waals surface area (Å²) in [6.07, 6.45) is -0.492. The fourth-order valence-electron chi connectivity index (χ4n) is 2.51. The van der Waals surface area contributed by atoms with Gasteiger partial charge in [0.1, 0.15) is 22.6 Å². The molecule has 2 saturated heterocycles. The molecule has 2 aliphatic rings. The molecule has 0 saturated carbocycles. The summed E-state index contributed by atoms with van der Waals surface area (Å²) in [4.78, 5) is 22.9. The first-order chi connectivity index (χ1) is 10.4. The Morgan fingerprint density at radius 1 is 0.864 bits per heavy atom. The Kier molecular flexibility index (Phi) is 3.42. The standard InChI is InChI=1S/C14H14O8/c15-11-7(1-5-3-21-5)9(13(17)18)12(16)8(2-6-4-22-6)10(11)14(19)20/h5-6,15-16H,1-4H2,(H,17,18)(H,19,20). The van der Waals surface area contributed by atoms with E-state index in [-0.39, 0.29) is 36.2 Å². The number of aromatic carboxylic acids is 2. The molecular weight excluding hydrogens is 296 g/mol. The van der Waals surface area contributed by atoms with Crippen molar-refractivity contribution in [2.75, 3.05) is 13.2 Å². The van der Waals surface area contributed by atoms with E-state index in [2.05, 4.69) is 0 Å². The molecule has 0 radical (unpaired) electrons. The third-order valence-corrected chi connectivity index (χ3v) is 3.74. The van der Waals surface area contributed by atoms with Crippen LogP contribution in [-0.2, 0) is 22.3 Å². The molecule has 0 aromatic heterocycles. The molecule has 1 aromatic rings. The Morgan fingerprint density at radius 3 is 1.41 bits per heavy atom. The van der Waals surface area contributed by atoms with E-state index in [4.69, 9.17) is 9.47 Å². The van der Waals surface area contributed by atoms with Gasteiger partial charge in [-0.05, 0) is 0 Å². The number of rotatable bonds is 6. The van der Waals surface area contributed by atoms with E-state index >= 15 is 0 Å². The van der Waals surface area contributed by atoms with Crippen LogP contribution in [-0.4, -0.2) is 57.8 Å². The Labute approximate surface area is 124 Å². The van der Waals surface area contributed by atoms with Crippen LogP contribution in [0.2, 0.25) is 0 Å². The summed E-state index contributed by atoms with van der Waals surface area (Å²) in [5.41, 5.74) is -1.20. The summed E-state index contributed by atoms with van der Waals surface area (Å²) in [6.45, 7) is 0.804. The summed E-state index contributed by atoms with van der Waals surface area (Å²) in [6, 6.07) is 0. The van der Waals surface area contributed by atoms with E-state index in [1.807, 2.05) is 0 Å². The van der Waals surface area contributed by atoms with Crippen LogP contribution in [0.15, 0.2) is 0 Å². The van der Waals surface area contributed by atoms with Gasteiger partial charge in [-0.25, -0.2) is 9.59 Å². The van der Waals surface area contributed by atoms with Crippen molar-refractivity contribution in [2.45, 2.75) is 25.0 Å². The number of benzene rings is 1. The normalized spacial score (nSPS) is 22.4. The zero-order valence-electron chi connectivity index (χ0n) is 11.4. The molecule has 0 bridgehead atoms. The summed E-state index contributed by atoms with van der Waals surface area (Å²) in [5, 5.41) is 39.1. The first-order valence-electron chi connectivity index (χ1n) is 6.69. The second-order valence-electron chi connectivity index (χ2n) is 5.33. The maximum atomic E-state index is 11.4. The van der Waals surface area contributed by atoms with Gasteiger partial charge in [0, 0.05) is 24.0 Å². The van der Waals surface area contributed by atoms with Crippen molar-refractivity contribution in [3.8, 4) is 11.5 Å². The lowest BCUT2D eigenvalue weighted by atomic mass is 9.90. The highest BCUT2D eigenvalue weighted by molar-refractivity contribution is 6.00. The smallest absolute Gasteiger partial charge is 0.339 e. The molecule has 0 spiro atoms. The lowest BCUT2D eigenvalue weighted by Gasteiger charge is -2.17. The first-order valence-corrected chi connectivity index (χ1v) is 6.69. The number of hydrogen-bond acceptors (Lipinski definition) is 6. The van der Waals surface area contributed by atoms with Gasteiger partial charge in [-0.15, -0.1) is 0 Å². The molecule has 0 aliphatic carbocycles. The Hall–Kier alpha value is -2.32. The van der Waals surface area contributed by atoms with E-state index in [1.54, 1.807) is 0 Å². The first kappa shape index (κ1) is 14.6. The van der Waals surface area contributed by atoms with Gasteiger partial charge in [0.15, 0.2) is 0 Å². The summed E-state index contributed by atoms with van der Waals surface area (Å²) in [5.74, 6) is -4.13. The van der Waals surface area contributed by atoms with Crippen LogP contribution in [0.1, 0.15) is 31.8 Å². The minimum absolute atomic E-state index is 0.0293. The van der Waals surface area contributed by atoms with Crippen LogP contribution in [0.3, 0.4) is 0 Å². The van der Waals surface area contributed by atoms with Gasteiger partial charge in [0.2, 0.25) is 0 Å². The molecule has 2 heterocycles. The SMILES string of the molecule is O=C(O)c1c(O)c(CC2CO2)c(C(=O)O)c(O)c1CC1CO1. The zero-order chi connectivity index (χ0) is 16.0. The maximum Gasteiger partial charge on any atom is 0.339 e. The number of carboxylic acids is 2. The molecule has 22 heavy (non-hydrogen) atoms. The molecule has 2 atom stereocenters. The summed E-state index contributed by atoms with van der Waals surface area (Å²) in [7, 11) is 0. The van der Waals surface area contributed by atoms with Crippen LogP contribution in [0.25, 0.3) is 0 Å². The lowest BCUT2D eigenvalue weighted by molar-refractivity contribution is 0.0672. The second-order valence-corrected chi connectivity index (χ2v) is 5.33. The second kappa shape index (κ2) is 5.15. The fraction of sp³-hybridized carbons (Fsp3) is 0.429. The number of phenols is 2. The van der Waals surface area contributed by atoms with Crippen molar-refractivity contribution in [1.82, 2.24) is 0 Å². The Bertz CT molecular complexity index is 600. The maximum absolute atomic E-state index is 11.4. The van der Waals surface area contributed by atoms with Crippen molar-refractivity contribution in [2.24, 2.45) is 0 Å². The van der Waals surface area contributed by atoms with Crippen LogP contribution in [0.5, 0.6) is 11.5 Å². The van der Waals surface area contributed by atoms with E-state index in [1.165, 1.54) is 0 Å². The zero-order valence-corrected chi connectivity index (χ0v) is 11.4. The molecule has 2 aliphatic heterocycles. The number of epoxide rings is 2. The molecule has 8 nitrogen and oxygen atoms in total. The fourth-order valence-corrected chi connectivity index (χ4v) is 2.51. The number of hydrogen-bond donors (Lipinski definition) is 4. The monoisotopic (exact) mass is 310 g/mol. The van der Waals surface area contributed by atoms with Gasteiger partial charge in [0.05, 0.1) is 25.4 Å². The van der Waals surface area contributed by atoms with E-state index in [0.29, 0.717) is 13.2 Å². The third kappa shape index (κ3) is 2.58. The average molecular weight is 310 g/mol. The molecule has 118 valence electrons. The highest BCUT2D eigenvalue weighted by atomic mass is 16.6. The van der Waals surface area contributed by atoms with E-state index in [9.17, 15) is 30.0 Å². The predicted molar refractivity (Wildman–Crippen MR) is 70.6 cm³/mol. The minimum atomic E-state index is -1.43. The average Bonchev–Trinajstić information content (AvgIpc) is 3.30. The quantitative estimate of drug-likeness (QED) is 0.436. The van der Waals surface area contributed by atoms with Crippen LogP contribution < -0.4 is 0 Å². The number of carboxylic acid groups (broad SMARTS) is 2. The largest absolute Gasteiger partial charge is 0.507 e. The molecule has 0 amide bonds. The van der Waals surface area contributed by atoms with Gasteiger partial charge in [-0.3, -0.25) is 0 Å². The molecular formula is C14H14O8. The predicted octanol–water partition coefficient (Wildman–Crippen LogP) is 0.377. The van der Waals surface area contributed by atoms with E-state index < -0.39 is 34.6 Å². The molecule has 3 rings (SSSR count). The van der Waals surface area contributed by atoms with Gasteiger partial charge in [-0.1, -0.05) is 0 Å². The van der Waals surface area contributed by atoms with Crippen LogP contribution >= 0.6 is 0 Å². The summed E-state index contributed by atoms with van der Waals surface area (Å²) >= 11 is 0. The molecule has 2 fully saturated rings. The molecule has 4 N–H and O–H groups in total. The third-order valence-electron chi connectivity index (χ3n) is 3.74.